The Morgan fingerprint density at radius 3 is 1.35 bits per heavy atom. The van der Waals surface area contributed by atoms with Gasteiger partial charge in [-0.05, 0) is 100 Å². The van der Waals surface area contributed by atoms with Crippen molar-refractivity contribution in [2.24, 2.45) is 0 Å². The first-order chi connectivity index (χ1) is 28.2. The quantitative estimate of drug-likeness (QED) is 0.130. The third-order valence-corrected chi connectivity index (χ3v) is 15.8. The fourth-order valence-corrected chi connectivity index (χ4v) is 13.0. The smallest absolute Gasteiger partial charge is 0.171 e. The standard InChI is InChI=1S/C55H35OP/c56-57(37-16-3-1-4-17-37,38-18-5-2-6-19-38)39-32-30-36(31-33-39)40-26-15-29-52-54(40)46-25-12-14-28-51(46)55(52)50-27-13-11-24-45(50)49-34-47-43-22-9-7-20-41(43)42-21-8-10-23-44(42)48(47)35-53(49)55/h1-35H. The van der Waals surface area contributed by atoms with E-state index in [4.69, 9.17) is 0 Å². The molecule has 10 aromatic carbocycles. The number of hydrogen-bond donors (Lipinski definition) is 0. The maximum atomic E-state index is 15.3. The van der Waals surface area contributed by atoms with Gasteiger partial charge < -0.3 is 4.57 Å². The van der Waals surface area contributed by atoms with Gasteiger partial charge in [-0.15, -0.1) is 0 Å². The summed E-state index contributed by atoms with van der Waals surface area (Å²) in [6, 6.07) is 76.1. The van der Waals surface area contributed by atoms with Crippen LogP contribution in [-0.4, -0.2) is 0 Å². The van der Waals surface area contributed by atoms with Gasteiger partial charge in [-0.1, -0.05) is 200 Å². The molecule has 266 valence electrons. The van der Waals surface area contributed by atoms with Crippen molar-refractivity contribution in [1.82, 2.24) is 0 Å². The Morgan fingerprint density at radius 1 is 0.298 bits per heavy atom. The van der Waals surface area contributed by atoms with Crippen LogP contribution in [0.3, 0.4) is 0 Å². The van der Waals surface area contributed by atoms with E-state index < -0.39 is 12.6 Å². The third-order valence-electron chi connectivity index (χ3n) is 12.8. The summed E-state index contributed by atoms with van der Waals surface area (Å²) in [4.78, 5) is 0. The highest BCUT2D eigenvalue weighted by molar-refractivity contribution is 7.85. The van der Waals surface area contributed by atoms with Crippen LogP contribution in [-0.2, 0) is 9.98 Å². The zero-order valence-electron chi connectivity index (χ0n) is 31.1. The molecule has 0 heterocycles. The van der Waals surface area contributed by atoms with Crippen molar-refractivity contribution in [2.45, 2.75) is 5.41 Å². The van der Waals surface area contributed by atoms with Gasteiger partial charge >= 0.3 is 0 Å². The Bertz CT molecular complexity index is 3270. The lowest BCUT2D eigenvalue weighted by Crippen LogP contribution is -2.25. The first-order valence-corrected chi connectivity index (χ1v) is 21.4. The molecular formula is C55H35OP. The van der Waals surface area contributed by atoms with Crippen molar-refractivity contribution in [3.63, 3.8) is 0 Å². The predicted molar refractivity (Wildman–Crippen MR) is 240 cm³/mol. The third kappa shape index (κ3) is 4.33. The lowest BCUT2D eigenvalue weighted by molar-refractivity contribution is 0.592. The minimum Gasteiger partial charge on any atom is -0.309 e. The highest BCUT2D eigenvalue weighted by Crippen LogP contribution is 2.64. The van der Waals surface area contributed by atoms with Crippen molar-refractivity contribution in [3.05, 3.63) is 235 Å². The number of benzene rings is 10. The van der Waals surface area contributed by atoms with E-state index in [2.05, 4.69) is 152 Å². The van der Waals surface area contributed by atoms with Crippen LogP contribution in [0.25, 0.3) is 65.7 Å². The monoisotopic (exact) mass is 742 g/mol. The van der Waals surface area contributed by atoms with Gasteiger partial charge in [-0.3, -0.25) is 0 Å². The van der Waals surface area contributed by atoms with Gasteiger partial charge in [0, 0.05) is 15.9 Å². The molecule has 1 spiro atoms. The fourth-order valence-electron chi connectivity index (χ4n) is 10.4. The van der Waals surface area contributed by atoms with Gasteiger partial charge in [0.2, 0.25) is 0 Å². The van der Waals surface area contributed by atoms with Crippen LogP contribution in [0.1, 0.15) is 22.3 Å². The van der Waals surface area contributed by atoms with Gasteiger partial charge in [0.1, 0.15) is 0 Å². The minimum absolute atomic E-state index is 0.495. The second-order valence-electron chi connectivity index (χ2n) is 15.4. The normalized spacial score (nSPS) is 15.2. The second kappa shape index (κ2) is 12.1. The molecule has 0 amide bonds. The van der Waals surface area contributed by atoms with E-state index in [1.165, 1.54) is 82.4 Å². The van der Waals surface area contributed by atoms with Crippen LogP contribution in [0.15, 0.2) is 212 Å². The molecule has 2 aliphatic carbocycles. The molecule has 1 unspecified atom stereocenters. The molecule has 2 heteroatoms. The molecule has 10 aromatic rings. The van der Waals surface area contributed by atoms with Crippen molar-refractivity contribution in [3.8, 4) is 33.4 Å². The van der Waals surface area contributed by atoms with Crippen LogP contribution in [0.4, 0.5) is 0 Å². The molecule has 57 heavy (non-hydrogen) atoms. The minimum atomic E-state index is -3.11. The Balaban J connectivity index is 1.11. The summed E-state index contributed by atoms with van der Waals surface area (Å²) in [5.74, 6) is 0. The SMILES string of the molecule is O=P(c1ccccc1)(c1ccccc1)c1ccc(-c2cccc3c2-c2ccccc2C32c3ccccc3-c3cc4c5ccccc5c5ccccc5c4cc32)cc1. The molecule has 0 saturated carbocycles. The van der Waals surface area contributed by atoms with E-state index in [0.29, 0.717) is 0 Å². The van der Waals surface area contributed by atoms with Crippen LogP contribution in [0.5, 0.6) is 0 Å². The molecule has 0 aromatic heterocycles. The molecule has 1 atom stereocenters. The average molecular weight is 743 g/mol. The average Bonchev–Trinajstić information content (AvgIpc) is 3.76. The first kappa shape index (κ1) is 32.5. The largest absolute Gasteiger partial charge is 0.309 e. The van der Waals surface area contributed by atoms with E-state index in [9.17, 15) is 0 Å². The van der Waals surface area contributed by atoms with E-state index in [-0.39, 0.29) is 0 Å². The number of fused-ring (bicyclic) bond motifs is 16. The molecule has 2 aliphatic rings. The topological polar surface area (TPSA) is 17.1 Å². The second-order valence-corrected chi connectivity index (χ2v) is 18.2. The summed E-state index contributed by atoms with van der Waals surface area (Å²) in [5, 5.41) is 10.2. The maximum Gasteiger partial charge on any atom is 0.171 e. The predicted octanol–water partition coefficient (Wildman–Crippen LogP) is 12.8. The van der Waals surface area contributed by atoms with Crippen LogP contribution >= 0.6 is 7.14 Å². The fraction of sp³-hybridized carbons (Fsp3) is 0.0182. The Morgan fingerprint density at radius 2 is 0.737 bits per heavy atom. The highest BCUT2D eigenvalue weighted by atomic mass is 31.2. The zero-order valence-corrected chi connectivity index (χ0v) is 32.0. The molecule has 0 fully saturated rings. The van der Waals surface area contributed by atoms with E-state index in [1.54, 1.807) is 0 Å². The van der Waals surface area contributed by atoms with Crippen LogP contribution in [0, 0.1) is 0 Å². The first-order valence-electron chi connectivity index (χ1n) is 19.7. The lowest BCUT2D eigenvalue weighted by Gasteiger charge is -2.31. The van der Waals surface area contributed by atoms with E-state index in [1.807, 2.05) is 60.7 Å². The van der Waals surface area contributed by atoms with Crippen molar-refractivity contribution in [1.29, 1.82) is 0 Å². The lowest BCUT2D eigenvalue weighted by atomic mass is 9.70. The summed E-state index contributed by atoms with van der Waals surface area (Å²) in [6.07, 6.45) is 0. The van der Waals surface area contributed by atoms with Crippen LogP contribution in [0.2, 0.25) is 0 Å². The molecular weight excluding hydrogens is 708 g/mol. The van der Waals surface area contributed by atoms with Crippen LogP contribution < -0.4 is 15.9 Å². The molecule has 0 aliphatic heterocycles. The van der Waals surface area contributed by atoms with Crippen molar-refractivity contribution in [2.75, 3.05) is 0 Å². The Labute approximate surface area is 331 Å². The molecule has 1 nitrogen and oxygen atoms in total. The molecule has 0 N–H and O–H groups in total. The summed E-state index contributed by atoms with van der Waals surface area (Å²) < 4.78 is 15.3. The summed E-state index contributed by atoms with van der Waals surface area (Å²) in [6.45, 7) is 0. The number of rotatable bonds is 4. The van der Waals surface area contributed by atoms with E-state index >= 15 is 4.57 Å². The molecule has 0 radical (unpaired) electrons. The van der Waals surface area contributed by atoms with Gasteiger partial charge in [-0.25, -0.2) is 0 Å². The highest BCUT2D eigenvalue weighted by Gasteiger charge is 2.52. The maximum absolute atomic E-state index is 15.3. The summed E-state index contributed by atoms with van der Waals surface area (Å²) >= 11 is 0. The van der Waals surface area contributed by atoms with Gasteiger partial charge in [0.15, 0.2) is 7.14 Å². The van der Waals surface area contributed by atoms with Gasteiger partial charge in [0.25, 0.3) is 0 Å². The van der Waals surface area contributed by atoms with Crippen molar-refractivity contribution < 1.29 is 4.57 Å². The van der Waals surface area contributed by atoms with Gasteiger partial charge in [-0.2, -0.15) is 0 Å². The zero-order chi connectivity index (χ0) is 37.7. The Kier molecular flexibility index (Phi) is 6.89. The van der Waals surface area contributed by atoms with Gasteiger partial charge in [0.05, 0.1) is 5.41 Å². The summed E-state index contributed by atoms with van der Waals surface area (Å²) in [7, 11) is -3.11. The number of hydrogen-bond acceptors (Lipinski definition) is 1. The molecule has 12 rings (SSSR count). The van der Waals surface area contributed by atoms with E-state index in [0.717, 1.165) is 21.5 Å². The Hall–Kier alpha value is -6.79. The molecule has 0 bridgehead atoms. The van der Waals surface area contributed by atoms with Crippen molar-refractivity contribution >= 4 is 55.4 Å². The summed E-state index contributed by atoms with van der Waals surface area (Å²) in [5.41, 5.74) is 12.2. The molecule has 0 saturated heterocycles.